The predicted molar refractivity (Wildman–Crippen MR) is 98.0 cm³/mol. The predicted octanol–water partition coefficient (Wildman–Crippen LogP) is 3.00. The minimum absolute atomic E-state index is 0.304. The van der Waals surface area contributed by atoms with Gasteiger partial charge in [-0.15, -0.1) is 0 Å². The summed E-state index contributed by atoms with van der Waals surface area (Å²) in [5.74, 6) is 0.357. The maximum Gasteiger partial charge on any atom is 0.319 e. The quantitative estimate of drug-likeness (QED) is 0.744. The zero-order valence-corrected chi connectivity index (χ0v) is 14.9. The SMILES string of the molecule is Cc1nc2ccc(NC(=O)NC3(c4ccc(F)cc4)CCOCC3)cn2n1. The minimum Gasteiger partial charge on any atom is -0.381 e. The Morgan fingerprint density at radius 3 is 2.67 bits per heavy atom. The second-order valence-electron chi connectivity index (χ2n) is 6.66. The first-order valence-electron chi connectivity index (χ1n) is 8.80. The van der Waals surface area contributed by atoms with Gasteiger partial charge in [0.05, 0.1) is 17.4 Å². The molecule has 0 saturated carbocycles. The molecule has 3 heterocycles. The fraction of sp³-hybridized carbons (Fsp3) is 0.316. The molecule has 1 aliphatic rings. The number of rotatable bonds is 3. The maximum atomic E-state index is 13.3. The molecule has 0 unspecified atom stereocenters. The van der Waals surface area contributed by atoms with Crippen LogP contribution < -0.4 is 10.6 Å². The van der Waals surface area contributed by atoms with E-state index in [4.69, 9.17) is 4.74 Å². The first-order chi connectivity index (χ1) is 13.0. The van der Waals surface area contributed by atoms with Crippen molar-refractivity contribution in [3.05, 3.63) is 59.8 Å². The molecular weight excluding hydrogens is 349 g/mol. The lowest BCUT2D eigenvalue weighted by Gasteiger charge is -2.38. The molecule has 0 spiro atoms. The van der Waals surface area contributed by atoms with Crippen molar-refractivity contribution >= 4 is 17.4 Å². The molecule has 0 aliphatic carbocycles. The van der Waals surface area contributed by atoms with E-state index in [0.29, 0.717) is 43.2 Å². The highest BCUT2D eigenvalue weighted by molar-refractivity contribution is 5.89. The molecule has 0 atom stereocenters. The number of hydrogen-bond acceptors (Lipinski definition) is 4. The molecule has 4 rings (SSSR count). The van der Waals surface area contributed by atoms with Crippen LogP contribution >= 0.6 is 0 Å². The van der Waals surface area contributed by atoms with Gasteiger partial charge in [0.15, 0.2) is 5.65 Å². The first kappa shape index (κ1) is 17.4. The van der Waals surface area contributed by atoms with Crippen LogP contribution in [0.2, 0.25) is 0 Å². The van der Waals surface area contributed by atoms with Crippen LogP contribution in [-0.2, 0) is 10.3 Å². The Morgan fingerprint density at radius 2 is 1.93 bits per heavy atom. The van der Waals surface area contributed by atoms with Gasteiger partial charge in [-0.05, 0) is 49.6 Å². The number of carbonyl (C=O) groups is 1. The number of anilines is 1. The summed E-state index contributed by atoms with van der Waals surface area (Å²) in [6.45, 7) is 2.87. The van der Waals surface area contributed by atoms with Crippen molar-refractivity contribution < 1.29 is 13.9 Å². The Labute approximate surface area is 155 Å². The highest BCUT2D eigenvalue weighted by Gasteiger charge is 2.36. The molecule has 2 N–H and O–H groups in total. The van der Waals surface area contributed by atoms with E-state index in [2.05, 4.69) is 20.7 Å². The third kappa shape index (κ3) is 3.61. The summed E-state index contributed by atoms with van der Waals surface area (Å²) in [4.78, 5) is 16.9. The number of benzene rings is 1. The van der Waals surface area contributed by atoms with Crippen LogP contribution in [0.3, 0.4) is 0 Å². The van der Waals surface area contributed by atoms with Gasteiger partial charge in [0.25, 0.3) is 0 Å². The molecule has 1 aromatic carbocycles. The number of ether oxygens (including phenoxy) is 1. The van der Waals surface area contributed by atoms with Gasteiger partial charge in [-0.25, -0.2) is 18.7 Å². The monoisotopic (exact) mass is 369 g/mol. The Kier molecular flexibility index (Phi) is 4.49. The Morgan fingerprint density at radius 1 is 1.19 bits per heavy atom. The molecule has 140 valence electrons. The zero-order valence-electron chi connectivity index (χ0n) is 14.9. The van der Waals surface area contributed by atoms with E-state index in [0.717, 1.165) is 5.56 Å². The highest BCUT2D eigenvalue weighted by atomic mass is 19.1. The number of aromatic nitrogens is 3. The van der Waals surface area contributed by atoms with Crippen LogP contribution in [0.4, 0.5) is 14.9 Å². The normalized spacial score (nSPS) is 16.2. The fourth-order valence-electron chi connectivity index (χ4n) is 3.42. The van der Waals surface area contributed by atoms with Gasteiger partial charge in [0.1, 0.15) is 11.6 Å². The third-order valence-corrected chi connectivity index (χ3v) is 4.79. The molecule has 7 nitrogen and oxygen atoms in total. The molecule has 8 heteroatoms. The van der Waals surface area contributed by atoms with E-state index in [1.807, 2.05) is 6.92 Å². The van der Waals surface area contributed by atoms with Gasteiger partial charge in [-0.1, -0.05) is 12.1 Å². The number of aryl methyl sites for hydroxylation is 1. The summed E-state index contributed by atoms with van der Waals surface area (Å²) in [5.41, 5.74) is 1.59. The summed E-state index contributed by atoms with van der Waals surface area (Å²) in [5, 5.41) is 10.2. The largest absolute Gasteiger partial charge is 0.381 e. The summed E-state index contributed by atoms with van der Waals surface area (Å²) < 4.78 is 20.4. The number of nitrogens with zero attached hydrogens (tertiary/aromatic N) is 3. The second kappa shape index (κ2) is 6.96. The molecule has 27 heavy (non-hydrogen) atoms. The van der Waals surface area contributed by atoms with Crippen molar-refractivity contribution in [1.29, 1.82) is 0 Å². The Balaban J connectivity index is 1.54. The van der Waals surface area contributed by atoms with E-state index in [1.54, 1.807) is 35.0 Å². The number of amides is 2. The van der Waals surface area contributed by atoms with Gasteiger partial charge in [0, 0.05) is 13.2 Å². The molecule has 2 aromatic heterocycles. The Hall–Kier alpha value is -3.00. The lowest BCUT2D eigenvalue weighted by molar-refractivity contribution is 0.0418. The smallest absolute Gasteiger partial charge is 0.319 e. The van der Waals surface area contributed by atoms with Gasteiger partial charge in [-0.2, -0.15) is 5.10 Å². The fourth-order valence-corrected chi connectivity index (χ4v) is 3.42. The van der Waals surface area contributed by atoms with Crippen LogP contribution in [0, 0.1) is 12.7 Å². The lowest BCUT2D eigenvalue weighted by Crippen LogP contribution is -2.50. The lowest BCUT2D eigenvalue weighted by atomic mass is 9.83. The number of urea groups is 1. The van der Waals surface area contributed by atoms with E-state index < -0.39 is 5.54 Å². The van der Waals surface area contributed by atoms with Crippen LogP contribution in [0.15, 0.2) is 42.6 Å². The first-order valence-corrected chi connectivity index (χ1v) is 8.80. The van der Waals surface area contributed by atoms with Crippen molar-refractivity contribution in [2.75, 3.05) is 18.5 Å². The molecule has 1 aliphatic heterocycles. The Bertz CT molecular complexity index is 964. The van der Waals surface area contributed by atoms with Gasteiger partial charge in [0.2, 0.25) is 0 Å². The average Bonchev–Trinajstić information content (AvgIpc) is 3.02. The number of halogens is 1. The summed E-state index contributed by atoms with van der Waals surface area (Å²) >= 11 is 0. The number of pyridine rings is 1. The summed E-state index contributed by atoms with van der Waals surface area (Å²) in [6.07, 6.45) is 2.95. The standard InChI is InChI=1S/C19H20FN5O2/c1-13-21-17-7-6-16(12-25(17)24-13)22-18(26)23-19(8-10-27-11-9-19)14-2-4-15(20)5-3-14/h2-7,12H,8-11H2,1H3,(H2,22,23,26). The van der Waals surface area contributed by atoms with Crippen LogP contribution in [0.1, 0.15) is 24.2 Å². The van der Waals surface area contributed by atoms with E-state index in [1.165, 1.54) is 12.1 Å². The summed E-state index contributed by atoms with van der Waals surface area (Å²) in [6, 6.07) is 9.48. The average molecular weight is 369 g/mol. The molecule has 2 amide bonds. The van der Waals surface area contributed by atoms with Crippen LogP contribution in [-0.4, -0.2) is 33.8 Å². The van der Waals surface area contributed by atoms with Crippen molar-refractivity contribution in [3.8, 4) is 0 Å². The molecular formula is C19H20FN5O2. The molecule has 1 fully saturated rings. The minimum atomic E-state index is -0.593. The van der Waals surface area contributed by atoms with Crippen molar-refractivity contribution in [2.45, 2.75) is 25.3 Å². The summed E-state index contributed by atoms with van der Waals surface area (Å²) in [7, 11) is 0. The van der Waals surface area contributed by atoms with E-state index in [9.17, 15) is 9.18 Å². The van der Waals surface area contributed by atoms with Gasteiger partial charge >= 0.3 is 6.03 Å². The molecule has 0 bridgehead atoms. The van der Waals surface area contributed by atoms with Crippen LogP contribution in [0.25, 0.3) is 5.65 Å². The highest BCUT2D eigenvalue weighted by Crippen LogP contribution is 2.32. The number of hydrogen-bond donors (Lipinski definition) is 2. The number of carbonyl (C=O) groups excluding carboxylic acids is 1. The topological polar surface area (TPSA) is 80.5 Å². The molecule has 1 saturated heterocycles. The van der Waals surface area contributed by atoms with Crippen molar-refractivity contribution in [3.63, 3.8) is 0 Å². The number of nitrogens with one attached hydrogen (secondary N) is 2. The maximum absolute atomic E-state index is 13.3. The van der Waals surface area contributed by atoms with E-state index >= 15 is 0 Å². The van der Waals surface area contributed by atoms with E-state index in [-0.39, 0.29) is 11.8 Å². The van der Waals surface area contributed by atoms with Gasteiger partial charge < -0.3 is 15.4 Å². The molecule has 3 aromatic rings. The third-order valence-electron chi connectivity index (χ3n) is 4.79. The van der Waals surface area contributed by atoms with Crippen molar-refractivity contribution in [1.82, 2.24) is 19.9 Å². The second-order valence-corrected chi connectivity index (χ2v) is 6.66. The molecule has 0 radical (unpaired) electrons. The van der Waals surface area contributed by atoms with Crippen LogP contribution in [0.5, 0.6) is 0 Å². The van der Waals surface area contributed by atoms with Crippen molar-refractivity contribution in [2.24, 2.45) is 0 Å². The zero-order chi connectivity index (χ0) is 18.9. The number of fused-ring (bicyclic) bond motifs is 1. The van der Waals surface area contributed by atoms with Gasteiger partial charge in [-0.3, -0.25) is 0 Å².